The van der Waals surface area contributed by atoms with E-state index in [1.54, 1.807) is 4.57 Å². The Morgan fingerprint density at radius 3 is 2.50 bits per heavy atom. The Bertz CT molecular complexity index is 951. The zero-order valence-corrected chi connectivity index (χ0v) is 14.6. The van der Waals surface area contributed by atoms with Gasteiger partial charge in [0.2, 0.25) is 5.95 Å². The van der Waals surface area contributed by atoms with Crippen molar-refractivity contribution in [3.8, 4) is 0 Å². The summed E-state index contributed by atoms with van der Waals surface area (Å²) in [6, 6.07) is 20.0. The number of rotatable bonds is 4. The van der Waals surface area contributed by atoms with Gasteiger partial charge >= 0.3 is 0 Å². The van der Waals surface area contributed by atoms with E-state index >= 15 is 0 Å². The maximum Gasteiger partial charge on any atom is 0.259 e. The highest BCUT2D eigenvalue weighted by Crippen LogP contribution is 2.24. The average Bonchev–Trinajstić information content (AvgIpc) is 2.69. The van der Waals surface area contributed by atoms with Crippen LogP contribution in [-0.4, -0.2) is 16.1 Å². The Labute approximate surface area is 152 Å². The smallest absolute Gasteiger partial charge is 0.259 e. The molecule has 2 heterocycles. The molecule has 0 aliphatic carbocycles. The van der Waals surface area contributed by atoms with Crippen molar-refractivity contribution >= 4 is 5.95 Å². The Morgan fingerprint density at radius 1 is 1.08 bits per heavy atom. The van der Waals surface area contributed by atoms with Gasteiger partial charge in [0.1, 0.15) is 0 Å². The SMILES string of the molecule is Nc1nc2c(c(=O)n1C(Cc1ccccc1)c1ccccc1)CCNC2. The van der Waals surface area contributed by atoms with Gasteiger partial charge in [0.05, 0.1) is 11.7 Å². The van der Waals surface area contributed by atoms with Gasteiger partial charge in [-0.25, -0.2) is 4.98 Å². The average molecular weight is 346 g/mol. The lowest BCUT2D eigenvalue weighted by molar-refractivity contribution is 0.536. The van der Waals surface area contributed by atoms with Crippen molar-refractivity contribution in [2.75, 3.05) is 12.3 Å². The van der Waals surface area contributed by atoms with Gasteiger partial charge in [0.15, 0.2) is 0 Å². The summed E-state index contributed by atoms with van der Waals surface area (Å²) in [6.07, 6.45) is 1.38. The Morgan fingerprint density at radius 2 is 1.77 bits per heavy atom. The Balaban J connectivity index is 1.85. The highest BCUT2D eigenvalue weighted by atomic mass is 16.1. The molecule has 0 bridgehead atoms. The zero-order chi connectivity index (χ0) is 17.9. The first-order chi connectivity index (χ1) is 12.7. The summed E-state index contributed by atoms with van der Waals surface area (Å²) in [7, 11) is 0. The molecule has 3 N–H and O–H groups in total. The molecule has 1 atom stereocenters. The highest BCUT2D eigenvalue weighted by Gasteiger charge is 2.24. The van der Waals surface area contributed by atoms with Crippen molar-refractivity contribution in [1.29, 1.82) is 0 Å². The number of benzene rings is 2. The fraction of sp³-hybridized carbons (Fsp3) is 0.238. The fourth-order valence-corrected chi connectivity index (χ4v) is 3.62. The van der Waals surface area contributed by atoms with Crippen LogP contribution >= 0.6 is 0 Å². The minimum absolute atomic E-state index is 0.0150. The van der Waals surface area contributed by atoms with Gasteiger partial charge in [-0.2, -0.15) is 0 Å². The van der Waals surface area contributed by atoms with E-state index in [1.807, 2.05) is 48.5 Å². The third-order valence-corrected chi connectivity index (χ3v) is 4.93. The van der Waals surface area contributed by atoms with E-state index in [-0.39, 0.29) is 17.5 Å². The molecule has 26 heavy (non-hydrogen) atoms. The number of aromatic nitrogens is 2. The van der Waals surface area contributed by atoms with Gasteiger partial charge in [-0.3, -0.25) is 9.36 Å². The largest absolute Gasteiger partial charge is 0.369 e. The van der Waals surface area contributed by atoms with Crippen LogP contribution in [0.1, 0.15) is 28.4 Å². The molecule has 5 nitrogen and oxygen atoms in total. The molecule has 0 radical (unpaired) electrons. The summed E-state index contributed by atoms with van der Waals surface area (Å²) in [5.74, 6) is 0.280. The van der Waals surface area contributed by atoms with E-state index < -0.39 is 0 Å². The van der Waals surface area contributed by atoms with Crippen molar-refractivity contribution in [1.82, 2.24) is 14.9 Å². The van der Waals surface area contributed by atoms with Gasteiger partial charge in [0.25, 0.3) is 5.56 Å². The van der Waals surface area contributed by atoms with E-state index in [1.165, 1.54) is 0 Å². The van der Waals surface area contributed by atoms with Crippen molar-refractivity contribution in [3.63, 3.8) is 0 Å². The van der Waals surface area contributed by atoms with Crippen molar-refractivity contribution in [3.05, 3.63) is 93.4 Å². The summed E-state index contributed by atoms with van der Waals surface area (Å²) < 4.78 is 1.67. The van der Waals surface area contributed by atoms with Gasteiger partial charge in [-0.1, -0.05) is 60.7 Å². The fourth-order valence-electron chi connectivity index (χ4n) is 3.62. The number of nitrogens with two attached hydrogens (primary N) is 1. The van der Waals surface area contributed by atoms with E-state index in [2.05, 4.69) is 22.4 Å². The normalized spacial score (nSPS) is 14.6. The van der Waals surface area contributed by atoms with Gasteiger partial charge in [-0.05, 0) is 30.5 Å². The number of nitrogens with one attached hydrogen (secondary N) is 1. The van der Waals surface area contributed by atoms with Crippen LogP contribution in [0, 0.1) is 0 Å². The van der Waals surface area contributed by atoms with Crippen molar-refractivity contribution in [2.24, 2.45) is 0 Å². The second-order valence-electron chi connectivity index (χ2n) is 6.61. The summed E-state index contributed by atoms with van der Waals surface area (Å²) in [4.78, 5) is 17.8. The second kappa shape index (κ2) is 7.14. The molecule has 0 spiro atoms. The first-order valence-corrected chi connectivity index (χ1v) is 8.93. The quantitative estimate of drug-likeness (QED) is 0.760. The minimum Gasteiger partial charge on any atom is -0.369 e. The molecule has 1 aromatic heterocycles. The molecule has 132 valence electrons. The summed E-state index contributed by atoms with van der Waals surface area (Å²) in [5.41, 5.74) is 10.0. The number of nitrogens with zero attached hydrogens (tertiary/aromatic N) is 2. The first-order valence-electron chi connectivity index (χ1n) is 8.93. The predicted molar refractivity (Wildman–Crippen MR) is 103 cm³/mol. The van der Waals surface area contributed by atoms with Crippen LogP contribution in [0.4, 0.5) is 5.95 Å². The third kappa shape index (κ3) is 3.13. The zero-order valence-electron chi connectivity index (χ0n) is 14.6. The highest BCUT2D eigenvalue weighted by molar-refractivity contribution is 5.34. The van der Waals surface area contributed by atoms with Crippen molar-refractivity contribution in [2.45, 2.75) is 25.4 Å². The number of fused-ring (bicyclic) bond motifs is 1. The van der Waals surface area contributed by atoms with Gasteiger partial charge in [0, 0.05) is 12.1 Å². The molecule has 1 aliphatic heterocycles. The molecule has 4 rings (SSSR count). The van der Waals surface area contributed by atoms with E-state index in [0.717, 1.165) is 28.9 Å². The topological polar surface area (TPSA) is 72.9 Å². The number of hydrogen-bond acceptors (Lipinski definition) is 4. The standard InChI is InChI=1S/C21H22N4O/c22-21-24-18-14-23-12-11-17(18)20(26)25(21)19(16-9-5-2-6-10-16)13-15-7-3-1-4-8-15/h1-10,19,23H,11-14H2,(H2,22,24). The molecule has 0 fully saturated rings. The van der Waals surface area contributed by atoms with Crippen LogP contribution in [0.15, 0.2) is 65.5 Å². The molecule has 1 aliphatic rings. The molecule has 0 saturated heterocycles. The van der Waals surface area contributed by atoms with Crippen LogP contribution in [0.3, 0.4) is 0 Å². The third-order valence-electron chi connectivity index (χ3n) is 4.93. The van der Waals surface area contributed by atoms with Crippen LogP contribution in [-0.2, 0) is 19.4 Å². The first kappa shape index (κ1) is 16.5. The number of nitrogen functional groups attached to an aromatic ring is 1. The lowest BCUT2D eigenvalue weighted by Gasteiger charge is -2.25. The van der Waals surface area contributed by atoms with Crippen molar-refractivity contribution < 1.29 is 0 Å². The molecular formula is C21H22N4O. The molecule has 2 aromatic carbocycles. The summed E-state index contributed by atoms with van der Waals surface area (Å²) in [5, 5.41) is 3.25. The summed E-state index contributed by atoms with van der Waals surface area (Å²) in [6.45, 7) is 1.40. The molecule has 5 heteroatoms. The van der Waals surface area contributed by atoms with Gasteiger partial charge < -0.3 is 11.1 Å². The minimum atomic E-state index is -0.182. The predicted octanol–water partition coefficient (Wildman–Crippen LogP) is 2.30. The number of hydrogen-bond donors (Lipinski definition) is 2. The molecule has 1 unspecified atom stereocenters. The molecule has 0 saturated carbocycles. The molecular weight excluding hydrogens is 324 g/mol. The van der Waals surface area contributed by atoms with Gasteiger partial charge in [-0.15, -0.1) is 0 Å². The molecule has 3 aromatic rings. The maximum atomic E-state index is 13.3. The summed E-state index contributed by atoms with van der Waals surface area (Å²) >= 11 is 0. The Hall–Kier alpha value is -2.92. The van der Waals surface area contributed by atoms with E-state index in [4.69, 9.17) is 5.73 Å². The van der Waals surface area contributed by atoms with Crippen LogP contribution in [0.25, 0.3) is 0 Å². The van der Waals surface area contributed by atoms with E-state index in [0.29, 0.717) is 19.4 Å². The van der Waals surface area contributed by atoms with Crippen LogP contribution in [0.2, 0.25) is 0 Å². The lowest BCUT2D eigenvalue weighted by atomic mass is 9.98. The molecule has 0 amide bonds. The monoisotopic (exact) mass is 346 g/mol. The van der Waals surface area contributed by atoms with Crippen LogP contribution in [0.5, 0.6) is 0 Å². The van der Waals surface area contributed by atoms with Crippen LogP contribution < -0.4 is 16.6 Å². The lowest BCUT2D eigenvalue weighted by Crippen LogP contribution is -2.38. The second-order valence-corrected chi connectivity index (χ2v) is 6.61. The maximum absolute atomic E-state index is 13.3. The number of anilines is 1. The van der Waals surface area contributed by atoms with E-state index in [9.17, 15) is 4.79 Å². The Kier molecular flexibility index (Phi) is 4.54.